The minimum absolute atomic E-state index is 0.0458. The molecular weight excluding hydrogens is 366 g/mol. The highest BCUT2D eigenvalue weighted by Crippen LogP contribution is 2.38. The van der Waals surface area contributed by atoms with Gasteiger partial charge in [-0.2, -0.15) is 0 Å². The minimum Gasteiger partial charge on any atom is -0.494 e. The summed E-state index contributed by atoms with van der Waals surface area (Å²) in [6.45, 7) is 7.78. The number of aryl methyl sites for hydroxylation is 1. The smallest absolute Gasteiger partial charge is 0.265 e. The fourth-order valence-corrected chi connectivity index (χ4v) is 4.22. The van der Waals surface area contributed by atoms with Gasteiger partial charge in [-0.15, -0.1) is 0 Å². The number of nitrogens with one attached hydrogen (secondary N) is 1. The summed E-state index contributed by atoms with van der Waals surface area (Å²) < 4.78 is 38.8. The molecule has 2 aromatic carbocycles. The van der Waals surface area contributed by atoms with Crippen LogP contribution in [0.5, 0.6) is 11.5 Å². The Hall–Kier alpha value is -2.61. The highest BCUT2D eigenvalue weighted by molar-refractivity contribution is 7.92. The van der Waals surface area contributed by atoms with Gasteiger partial charge in [0.1, 0.15) is 16.3 Å². The lowest BCUT2D eigenvalue weighted by molar-refractivity contribution is 0.390. The summed E-state index contributed by atoms with van der Waals surface area (Å²) in [5, 5.41) is 0. The van der Waals surface area contributed by atoms with Gasteiger partial charge in [-0.05, 0) is 56.7 Å². The lowest BCUT2D eigenvalue weighted by atomic mass is 10.1. The van der Waals surface area contributed by atoms with Crippen LogP contribution in [0.15, 0.2) is 35.2 Å². The van der Waals surface area contributed by atoms with Crippen LogP contribution in [0.2, 0.25) is 0 Å². The third kappa shape index (κ3) is 4.21. The highest BCUT2D eigenvalue weighted by Gasteiger charge is 2.24. The topological polar surface area (TPSA) is 93.9 Å². The molecule has 0 bridgehead atoms. The van der Waals surface area contributed by atoms with Gasteiger partial charge in [0.15, 0.2) is 5.75 Å². The summed E-state index contributed by atoms with van der Waals surface area (Å²) in [6, 6.07) is 8.54. The quantitative estimate of drug-likeness (QED) is 0.669. The van der Waals surface area contributed by atoms with Gasteiger partial charge in [0.2, 0.25) is 0 Å². The van der Waals surface area contributed by atoms with Crippen molar-refractivity contribution in [1.82, 2.24) is 0 Å². The Morgan fingerprint density at radius 2 is 1.74 bits per heavy atom. The molecule has 0 aliphatic rings. The maximum absolute atomic E-state index is 12.9. The standard InChI is InChI=1S/C19H27N3O4S/c1-6-22(7-2)14-8-9-15(13(3)12-14)21-27(23,24)17-11-10-16(25-4)18(20)19(17)26-5/h8-12,21H,6-7,20H2,1-5H3. The third-order valence-corrected chi connectivity index (χ3v) is 5.81. The Labute approximate surface area is 161 Å². The first-order valence-electron chi connectivity index (χ1n) is 8.67. The predicted molar refractivity (Wildman–Crippen MR) is 110 cm³/mol. The summed E-state index contributed by atoms with van der Waals surface area (Å²) in [6.07, 6.45) is 0. The average Bonchev–Trinajstić information content (AvgIpc) is 2.64. The van der Waals surface area contributed by atoms with Gasteiger partial charge in [-0.25, -0.2) is 8.42 Å². The second-order valence-corrected chi connectivity index (χ2v) is 7.64. The number of sulfonamides is 1. The van der Waals surface area contributed by atoms with E-state index < -0.39 is 10.0 Å². The first kappa shape index (κ1) is 20.7. The van der Waals surface area contributed by atoms with Crippen molar-refractivity contribution in [3.63, 3.8) is 0 Å². The number of anilines is 3. The number of hydrogen-bond donors (Lipinski definition) is 2. The van der Waals surface area contributed by atoms with E-state index in [9.17, 15) is 8.42 Å². The van der Waals surface area contributed by atoms with Gasteiger partial charge < -0.3 is 20.1 Å². The van der Waals surface area contributed by atoms with E-state index in [2.05, 4.69) is 23.5 Å². The van der Waals surface area contributed by atoms with Crippen LogP contribution in [0.4, 0.5) is 17.1 Å². The monoisotopic (exact) mass is 393 g/mol. The maximum Gasteiger partial charge on any atom is 0.265 e. The molecule has 0 unspecified atom stereocenters. The van der Waals surface area contributed by atoms with Crippen molar-refractivity contribution in [3.8, 4) is 11.5 Å². The first-order chi connectivity index (χ1) is 12.8. The van der Waals surface area contributed by atoms with Crippen LogP contribution in [-0.4, -0.2) is 35.7 Å². The molecule has 27 heavy (non-hydrogen) atoms. The second-order valence-electron chi connectivity index (χ2n) is 5.99. The predicted octanol–water partition coefficient (Wildman–Crippen LogP) is 3.24. The van der Waals surface area contributed by atoms with Gasteiger partial charge in [-0.3, -0.25) is 4.72 Å². The van der Waals surface area contributed by atoms with E-state index >= 15 is 0 Å². The number of methoxy groups -OCH3 is 2. The molecule has 0 radical (unpaired) electrons. The van der Waals surface area contributed by atoms with Crippen molar-refractivity contribution in [2.75, 3.05) is 42.7 Å². The van der Waals surface area contributed by atoms with Crippen LogP contribution in [0.3, 0.4) is 0 Å². The zero-order valence-electron chi connectivity index (χ0n) is 16.4. The van der Waals surface area contributed by atoms with E-state index in [1.165, 1.54) is 26.4 Å². The molecule has 0 aliphatic heterocycles. The van der Waals surface area contributed by atoms with Crippen molar-refractivity contribution >= 4 is 27.1 Å². The van der Waals surface area contributed by atoms with Crippen LogP contribution in [0.1, 0.15) is 19.4 Å². The van der Waals surface area contributed by atoms with Gasteiger partial charge in [-0.1, -0.05) is 0 Å². The van der Waals surface area contributed by atoms with E-state index in [0.717, 1.165) is 24.3 Å². The number of nitrogens with zero attached hydrogens (tertiary/aromatic N) is 1. The largest absolute Gasteiger partial charge is 0.494 e. The molecule has 0 aliphatic carbocycles. The minimum atomic E-state index is -3.89. The van der Waals surface area contributed by atoms with Gasteiger partial charge in [0.25, 0.3) is 10.0 Å². The molecule has 0 heterocycles. The Morgan fingerprint density at radius 1 is 1.07 bits per heavy atom. The fraction of sp³-hybridized carbons (Fsp3) is 0.368. The molecule has 2 aromatic rings. The Balaban J connectivity index is 2.41. The Bertz CT molecular complexity index is 909. The summed E-state index contributed by atoms with van der Waals surface area (Å²) in [5.74, 6) is 0.407. The van der Waals surface area contributed by atoms with E-state index in [1.54, 1.807) is 6.07 Å². The van der Waals surface area contributed by atoms with Crippen LogP contribution < -0.4 is 24.8 Å². The van der Waals surface area contributed by atoms with Crippen molar-refractivity contribution in [1.29, 1.82) is 0 Å². The van der Waals surface area contributed by atoms with Crippen LogP contribution in [-0.2, 0) is 10.0 Å². The van der Waals surface area contributed by atoms with Crippen molar-refractivity contribution < 1.29 is 17.9 Å². The van der Waals surface area contributed by atoms with E-state index in [-0.39, 0.29) is 16.3 Å². The lowest BCUT2D eigenvalue weighted by Crippen LogP contribution is -2.22. The lowest BCUT2D eigenvalue weighted by Gasteiger charge is -2.22. The molecule has 7 nitrogen and oxygen atoms in total. The third-order valence-electron chi connectivity index (χ3n) is 4.42. The second kappa shape index (κ2) is 8.39. The van der Waals surface area contributed by atoms with Crippen LogP contribution >= 0.6 is 0 Å². The van der Waals surface area contributed by atoms with E-state index in [4.69, 9.17) is 15.2 Å². The number of ether oxygens (including phenoxy) is 2. The normalized spacial score (nSPS) is 11.1. The average molecular weight is 394 g/mol. The SMILES string of the molecule is CCN(CC)c1ccc(NS(=O)(=O)c2ccc(OC)c(N)c2OC)c(C)c1. The van der Waals surface area contributed by atoms with Crippen molar-refractivity contribution in [2.45, 2.75) is 25.7 Å². The van der Waals surface area contributed by atoms with Crippen molar-refractivity contribution in [2.24, 2.45) is 0 Å². The molecule has 3 N–H and O–H groups in total. The summed E-state index contributed by atoms with van der Waals surface area (Å²) in [4.78, 5) is 2.15. The number of rotatable bonds is 8. The molecule has 148 valence electrons. The van der Waals surface area contributed by atoms with Crippen LogP contribution in [0, 0.1) is 6.92 Å². The number of hydrogen-bond acceptors (Lipinski definition) is 6. The van der Waals surface area contributed by atoms with E-state index in [1.807, 2.05) is 19.1 Å². The molecule has 0 aromatic heterocycles. The zero-order chi connectivity index (χ0) is 20.2. The molecular formula is C19H27N3O4S. The summed E-state index contributed by atoms with van der Waals surface area (Å²) in [7, 11) is -1.07. The number of nitrogens with two attached hydrogens (primary N) is 1. The molecule has 0 spiro atoms. The fourth-order valence-electron chi connectivity index (χ4n) is 2.91. The Kier molecular flexibility index (Phi) is 6.43. The summed E-state index contributed by atoms with van der Waals surface area (Å²) >= 11 is 0. The first-order valence-corrected chi connectivity index (χ1v) is 10.2. The van der Waals surface area contributed by atoms with Crippen molar-refractivity contribution in [3.05, 3.63) is 35.9 Å². The molecule has 0 saturated carbocycles. The van der Waals surface area contributed by atoms with E-state index in [0.29, 0.717) is 11.4 Å². The van der Waals surface area contributed by atoms with Gasteiger partial charge in [0, 0.05) is 18.8 Å². The molecule has 8 heteroatoms. The molecule has 2 rings (SSSR count). The van der Waals surface area contributed by atoms with Gasteiger partial charge in [0.05, 0.1) is 19.9 Å². The molecule has 0 atom stereocenters. The van der Waals surface area contributed by atoms with Gasteiger partial charge >= 0.3 is 0 Å². The molecule has 0 fully saturated rings. The maximum atomic E-state index is 12.9. The number of nitrogen functional groups attached to an aromatic ring is 1. The number of benzene rings is 2. The molecule has 0 saturated heterocycles. The summed E-state index contributed by atoms with van der Waals surface area (Å²) in [5.41, 5.74) is 8.47. The Morgan fingerprint density at radius 3 is 2.26 bits per heavy atom. The zero-order valence-corrected chi connectivity index (χ0v) is 17.2. The van der Waals surface area contributed by atoms with Crippen LogP contribution in [0.25, 0.3) is 0 Å². The molecule has 0 amide bonds. The highest BCUT2D eigenvalue weighted by atomic mass is 32.2.